The first-order valence-electron chi connectivity index (χ1n) is 41.6. The van der Waals surface area contributed by atoms with Gasteiger partial charge >= 0.3 is 65.9 Å². The van der Waals surface area contributed by atoms with Crippen LogP contribution in [0.3, 0.4) is 0 Å². The van der Waals surface area contributed by atoms with E-state index in [1.807, 2.05) is 0 Å². The molecule has 2 N–H and O–H groups in total. The molecule has 0 aromatic rings. The maximum absolute atomic E-state index is 13.0. The molecule has 2 amide bonds. The zero-order valence-corrected chi connectivity index (χ0v) is 65.5. The fourth-order valence-corrected chi connectivity index (χ4v) is 13.1. The first-order valence-corrected chi connectivity index (χ1v) is 41.6. The van der Waals surface area contributed by atoms with Gasteiger partial charge in [0.2, 0.25) is 0 Å². The zero-order valence-electron chi connectivity index (χ0n) is 65.5. The molecule has 1 aliphatic heterocycles. The van der Waals surface area contributed by atoms with Crippen molar-refractivity contribution < 1.29 is 105 Å². The molecule has 106 heavy (non-hydrogen) atoms. The van der Waals surface area contributed by atoms with Crippen LogP contribution >= 0.6 is 0 Å². The molecule has 3 atom stereocenters. The van der Waals surface area contributed by atoms with E-state index in [0.717, 1.165) is 154 Å². The summed E-state index contributed by atoms with van der Waals surface area (Å²) >= 11 is 0. The van der Waals surface area contributed by atoms with Crippen LogP contribution in [0.15, 0.2) is 0 Å². The summed E-state index contributed by atoms with van der Waals surface area (Å²) in [4.78, 5) is 136. The summed E-state index contributed by atoms with van der Waals surface area (Å²) in [6.45, 7) is 10.6. The van der Waals surface area contributed by atoms with E-state index in [0.29, 0.717) is 174 Å². The Bertz CT molecular complexity index is 2400. The molecule has 3 aliphatic rings. The number of hydrogen-bond acceptors (Lipinski definition) is 23. The molecular formula is C81H139N3O22. The van der Waals surface area contributed by atoms with Gasteiger partial charge in [-0.1, -0.05) is 45.4 Å². The number of alkyl carbamates (subject to hydrolysis) is 2. The van der Waals surface area contributed by atoms with Crippen molar-refractivity contribution in [3.8, 4) is 0 Å². The second-order valence-corrected chi connectivity index (χ2v) is 29.3. The van der Waals surface area contributed by atoms with Crippen LogP contribution in [0.5, 0.6) is 0 Å². The smallest absolute Gasteiger partial charge is 0.407 e. The average Bonchev–Trinajstić information content (AvgIpc) is 1.68. The summed E-state index contributed by atoms with van der Waals surface area (Å²) in [6, 6.07) is 0.652. The number of carbonyl (C=O) groups excluding carboxylic acids is 11. The largest absolute Gasteiger partial charge is 0.466 e. The van der Waals surface area contributed by atoms with Crippen LogP contribution in [-0.4, -0.2) is 174 Å². The van der Waals surface area contributed by atoms with Crippen molar-refractivity contribution in [1.29, 1.82) is 0 Å². The van der Waals surface area contributed by atoms with Gasteiger partial charge < -0.3 is 62.7 Å². The molecule has 1 heterocycles. The molecule has 2 saturated carbocycles. The van der Waals surface area contributed by atoms with E-state index >= 15 is 0 Å². The third-order valence-corrected chi connectivity index (χ3v) is 19.7. The minimum Gasteiger partial charge on any atom is -0.466 e. The first-order chi connectivity index (χ1) is 51.5. The highest BCUT2D eigenvalue weighted by Gasteiger charge is 2.34. The Kier molecular flexibility index (Phi) is 56.4. The minimum atomic E-state index is -0.492. The minimum absolute atomic E-state index is 0.0796. The standard InChI is InChI=1S/C81H139N3O22/c1-4-6-7-8-9-10-19-36-79(93)105-64-70(63-84-62-65(84)3)106-81(95)83-69-51-47-67(48-52-69)61-66-45-49-68(50-46-66)82-80(94)104-60-35-18-17-34-59-103-78(92)44-27-26-43-77(91)102-58-33-16-15-32-57-101-76(90)42-25-24-41-75(89)100-56-31-14-13-30-55-99-74(88)40-23-22-39-73(87)98-54-29-12-11-28-53-97-72(86)38-21-20-37-71(85)96-5-2/h65-70H,4-64H2,1-3H3,(H,82,94)(H,83,95). The summed E-state index contributed by atoms with van der Waals surface area (Å²) in [5.74, 6) is -1.25. The molecule has 1 saturated heterocycles. The highest BCUT2D eigenvalue weighted by Crippen LogP contribution is 2.36. The summed E-state index contributed by atoms with van der Waals surface area (Å²) in [5, 5.41) is 6.17. The van der Waals surface area contributed by atoms with Gasteiger partial charge in [0.25, 0.3) is 0 Å². The van der Waals surface area contributed by atoms with Crippen LogP contribution in [0, 0.1) is 11.8 Å². The van der Waals surface area contributed by atoms with E-state index in [2.05, 4.69) is 29.4 Å². The van der Waals surface area contributed by atoms with E-state index in [-0.39, 0.29) is 123 Å². The van der Waals surface area contributed by atoms with E-state index < -0.39 is 12.2 Å². The lowest BCUT2D eigenvalue weighted by molar-refractivity contribution is -0.147. The van der Waals surface area contributed by atoms with E-state index in [1.165, 1.54) is 32.1 Å². The van der Waals surface area contributed by atoms with Gasteiger partial charge in [0, 0.05) is 89.0 Å². The molecule has 3 rings (SSSR count). The van der Waals surface area contributed by atoms with Gasteiger partial charge in [0.05, 0.1) is 59.5 Å². The number of esters is 9. The van der Waals surface area contributed by atoms with Crippen LogP contribution in [-0.2, 0) is 95.3 Å². The molecule has 0 radical (unpaired) electrons. The van der Waals surface area contributed by atoms with E-state index in [1.54, 1.807) is 6.92 Å². The summed E-state index contributed by atoms with van der Waals surface area (Å²) in [6.07, 6.45) is 35.0. The van der Waals surface area contributed by atoms with Gasteiger partial charge in [-0.25, -0.2) is 9.59 Å². The molecular weight excluding hydrogens is 1370 g/mol. The third-order valence-electron chi connectivity index (χ3n) is 19.7. The summed E-state index contributed by atoms with van der Waals surface area (Å²) in [5.41, 5.74) is 0. The van der Waals surface area contributed by atoms with Gasteiger partial charge in [-0.15, -0.1) is 0 Å². The molecule has 0 aromatic carbocycles. The van der Waals surface area contributed by atoms with Crippen molar-refractivity contribution >= 4 is 65.9 Å². The van der Waals surface area contributed by atoms with Crippen molar-refractivity contribution in [2.45, 2.75) is 360 Å². The number of unbranched alkanes of at least 4 members (excludes halogenated alkanes) is 22. The summed E-state index contributed by atoms with van der Waals surface area (Å²) < 4.78 is 58.9. The third kappa shape index (κ3) is 55.2. The van der Waals surface area contributed by atoms with Crippen LogP contribution in [0.4, 0.5) is 9.59 Å². The molecule has 2 aliphatic carbocycles. The van der Waals surface area contributed by atoms with E-state index in [4.69, 9.17) is 52.1 Å². The number of rotatable bonds is 66. The van der Waals surface area contributed by atoms with Crippen LogP contribution in [0.2, 0.25) is 0 Å². The van der Waals surface area contributed by atoms with Gasteiger partial charge in [-0.2, -0.15) is 0 Å². The van der Waals surface area contributed by atoms with Gasteiger partial charge in [-0.05, 0) is 244 Å². The molecule has 25 nitrogen and oxygen atoms in total. The predicted molar refractivity (Wildman–Crippen MR) is 400 cm³/mol. The Morgan fingerprint density at radius 1 is 0.311 bits per heavy atom. The number of ether oxygens (including phenoxy) is 11. The molecule has 3 unspecified atom stereocenters. The lowest BCUT2D eigenvalue weighted by atomic mass is 9.76. The zero-order chi connectivity index (χ0) is 76.7. The van der Waals surface area contributed by atoms with E-state index in [9.17, 15) is 52.7 Å². The SMILES string of the molecule is CCCCCCCCCC(=O)OCC(CN1CC1C)OC(=O)NC1CCC(CC2CCC(NC(=O)OCCCCCCOC(=O)CCCCC(=O)OCCCCCCOC(=O)CCCCC(=O)OCCCCCCOC(=O)CCCCC(=O)OCCCCCCOC(=O)CCCCC(=O)OCC)CC2)CC1. The van der Waals surface area contributed by atoms with Gasteiger partial charge in [0.1, 0.15) is 6.61 Å². The van der Waals surface area contributed by atoms with Gasteiger partial charge in [-0.3, -0.25) is 48.1 Å². The highest BCUT2D eigenvalue weighted by molar-refractivity contribution is 5.73. The Labute approximate surface area is 634 Å². The Balaban J connectivity index is 0.994. The Morgan fingerprint density at radius 3 is 0.868 bits per heavy atom. The lowest BCUT2D eigenvalue weighted by Gasteiger charge is -2.34. The van der Waals surface area contributed by atoms with Crippen LogP contribution < -0.4 is 10.6 Å². The first kappa shape index (κ1) is 93.9. The quantitative estimate of drug-likeness (QED) is 0.0247. The Hall–Kier alpha value is -6.27. The molecule has 0 spiro atoms. The van der Waals surface area contributed by atoms with Crippen LogP contribution in [0.1, 0.15) is 335 Å². The van der Waals surface area contributed by atoms with Crippen molar-refractivity contribution in [2.75, 3.05) is 79.2 Å². The normalized spacial score (nSPS) is 17.7. The Morgan fingerprint density at radius 2 is 0.566 bits per heavy atom. The molecule has 3 fully saturated rings. The topological polar surface area (TPSA) is 316 Å². The monoisotopic (exact) mass is 1510 g/mol. The van der Waals surface area contributed by atoms with Crippen molar-refractivity contribution in [3.05, 3.63) is 0 Å². The molecule has 610 valence electrons. The van der Waals surface area contributed by atoms with Crippen molar-refractivity contribution in [3.63, 3.8) is 0 Å². The molecule has 25 heteroatoms. The number of nitrogens with zero attached hydrogens (tertiary/aromatic N) is 1. The predicted octanol–water partition coefficient (Wildman–Crippen LogP) is 15.6. The van der Waals surface area contributed by atoms with Crippen molar-refractivity contribution in [2.24, 2.45) is 11.8 Å². The molecule has 0 aromatic heterocycles. The number of amides is 2. The highest BCUT2D eigenvalue weighted by atomic mass is 16.6. The average molecular weight is 1510 g/mol. The van der Waals surface area contributed by atoms with Gasteiger partial charge in [0.15, 0.2) is 6.10 Å². The second kappa shape index (κ2) is 63.6. The summed E-state index contributed by atoms with van der Waals surface area (Å²) in [7, 11) is 0. The second-order valence-electron chi connectivity index (χ2n) is 29.3. The maximum atomic E-state index is 13.0. The van der Waals surface area contributed by atoms with Crippen molar-refractivity contribution in [1.82, 2.24) is 15.5 Å². The van der Waals surface area contributed by atoms with Crippen LogP contribution in [0.25, 0.3) is 0 Å². The number of carbonyl (C=O) groups is 11. The lowest BCUT2D eigenvalue weighted by Crippen LogP contribution is -2.42. The molecule has 0 bridgehead atoms. The maximum Gasteiger partial charge on any atom is 0.407 e. The fraction of sp³-hybridized carbons (Fsp3) is 0.864. The number of nitrogens with one attached hydrogen (secondary N) is 2. The fourth-order valence-electron chi connectivity index (χ4n) is 13.1. The number of hydrogen-bond donors (Lipinski definition) is 2.